The monoisotopic (exact) mass is 326 g/mol. The lowest BCUT2D eigenvalue weighted by molar-refractivity contribution is -0.113. The van der Waals surface area contributed by atoms with E-state index in [-0.39, 0.29) is 11.7 Å². The van der Waals surface area contributed by atoms with Gasteiger partial charge in [-0.3, -0.25) is 4.79 Å². The standard InChI is InChI=1S/C14H12Cl2N2OS/c15-9-4-5-12(16)13(6-9)20-8-14(19)18-11-3-1-2-10(17)7-11/h1-7H,8,17H2,(H,18,19). The van der Waals surface area contributed by atoms with Crippen LogP contribution in [0.3, 0.4) is 0 Å². The summed E-state index contributed by atoms with van der Waals surface area (Å²) in [6.07, 6.45) is 0. The maximum atomic E-state index is 11.8. The minimum atomic E-state index is -0.128. The molecule has 2 aromatic rings. The number of carbonyl (C=O) groups is 1. The number of nitrogens with two attached hydrogens (primary N) is 1. The number of rotatable bonds is 4. The zero-order valence-electron chi connectivity index (χ0n) is 10.4. The molecule has 0 fully saturated rings. The molecule has 0 unspecified atom stereocenters. The van der Waals surface area contributed by atoms with Crippen molar-refractivity contribution in [3.05, 3.63) is 52.5 Å². The summed E-state index contributed by atoms with van der Waals surface area (Å²) in [7, 11) is 0. The normalized spacial score (nSPS) is 10.3. The molecule has 0 aliphatic rings. The minimum Gasteiger partial charge on any atom is -0.399 e. The van der Waals surface area contributed by atoms with Crippen LogP contribution in [0.15, 0.2) is 47.4 Å². The topological polar surface area (TPSA) is 55.1 Å². The number of thioether (sulfide) groups is 1. The van der Waals surface area contributed by atoms with Crippen LogP contribution < -0.4 is 11.1 Å². The van der Waals surface area contributed by atoms with E-state index in [0.717, 1.165) is 4.90 Å². The summed E-state index contributed by atoms with van der Waals surface area (Å²) in [5.74, 6) is 0.117. The van der Waals surface area contributed by atoms with Gasteiger partial charge in [0.2, 0.25) is 5.91 Å². The molecule has 0 bridgehead atoms. The Kier molecular flexibility index (Phi) is 5.17. The zero-order valence-corrected chi connectivity index (χ0v) is 12.7. The van der Waals surface area contributed by atoms with Crippen LogP contribution >= 0.6 is 35.0 Å². The summed E-state index contributed by atoms with van der Waals surface area (Å²) >= 11 is 13.3. The highest BCUT2D eigenvalue weighted by atomic mass is 35.5. The molecule has 2 rings (SSSR count). The molecule has 0 aliphatic carbocycles. The van der Waals surface area contributed by atoms with Gasteiger partial charge >= 0.3 is 0 Å². The first kappa shape index (κ1) is 15.0. The van der Waals surface area contributed by atoms with E-state index < -0.39 is 0 Å². The Labute approximate surface area is 131 Å². The summed E-state index contributed by atoms with van der Waals surface area (Å²) in [6, 6.07) is 12.2. The van der Waals surface area contributed by atoms with Crippen LogP contribution in [-0.4, -0.2) is 11.7 Å². The van der Waals surface area contributed by atoms with Crippen molar-refractivity contribution in [1.82, 2.24) is 0 Å². The summed E-state index contributed by atoms with van der Waals surface area (Å²) < 4.78 is 0. The lowest BCUT2D eigenvalue weighted by atomic mass is 10.3. The molecular weight excluding hydrogens is 315 g/mol. The molecule has 0 atom stereocenters. The average Bonchev–Trinajstić information content (AvgIpc) is 2.40. The van der Waals surface area contributed by atoms with Gasteiger partial charge < -0.3 is 11.1 Å². The molecule has 0 spiro atoms. The zero-order chi connectivity index (χ0) is 14.5. The van der Waals surface area contributed by atoms with Crippen LogP contribution in [0, 0.1) is 0 Å². The van der Waals surface area contributed by atoms with E-state index in [1.165, 1.54) is 11.8 Å². The van der Waals surface area contributed by atoms with Crippen molar-refractivity contribution in [2.75, 3.05) is 16.8 Å². The molecule has 0 saturated heterocycles. The second-order valence-electron chi connectivity index (χ2n) is 4.04. The Morgan fingerprint density at radius 1 is 1.20 bits per heavy atom. The van der Waals surface area contributed by atoms with Crippen LogP contribution in [0.25, 0.3) is 0 Å². The van der Waals surface area contributed by atoms with E-state index in [1.54, 1.807) is 42.5 Å². The van der Waals surface area contributed by atoms with Crippen molar-refractivity contribution in [3.8, 4) is 0 Å². The fourth-order valence-electron chi connectivity index (χ4n) is 1.54. The summed E-state index contributed by atoms with van der Waals surface area (Å²) in [4.78, 5) is 12.6. The van der Waals surface area contributed by atoms with E-state index in [4.69, 9.17) is 28.9 Å². The van der Waals surface area contributed by atoms with Crippen LogP contribution in [0.1, 0.15) is 0 Å². The predicted octanol–water partition coefficient (Wildman–Crippen LogP) is 4.31. The van der Waals surface area contributed by atoms with Gasteiger partial charge in [0.1, 0.15) is 0 Å². The molecule has 2 aromatic carbocycles. The van der Waals surface area contributed by atoms with E-state index in [2.05, 4.69) is 5.32 Å². The number of hydrogen-bond acceptors (Lipinski definition) is 3. The number of hydrogen-bond donors (Lipinski definition) is 2. The van der Waals surface area contributed by atoms with Crippen LogP contribution in [0.2, 0.25) is 10.0 Å². The van der Waals surface area contributed by atoms with E-state index in [9.17, 15) is 4.79 Å². The van der Waals surface area contributed by atoms with Gasteiger partial charge in [0.05, 0.1) is 10.8 Å². The molecule has 20 heavy (non-hydrogen) atoms. The highest BCUT2D eigenvalue weighted by Gasteiger charge is 2.07. The molecular formula is C14H12Cl2N2OS. The number of halogens is 2. The Morgan fingerprint density at radius 2 is 2.00 bits per heavy atom. The summed E-state index contributed by atoms with van der Waals surface area (Å²) in [6.45, 7) is 0. The van der Waals surface area contributed by atoms with Crippen molar-refractivity contribution < 1.29 is 4.79 Å². The maximum Gasteiger partial charge on any atom is 0.234 e. The molecule has 3 N–H and O–H groups in total. The summed E-state index contributed by atoms with van der Waals surface area (Å²) in [5, 5.41) is 3.94. The van der Waals surface area contributed by atoms with Gasteiger partial charge in [-0.15, -0.1) is 11.8 Å². The molecule has 0 saturated carbocycles. The second-order valence-corrected chi connectivity index (χ2v) is 5.90. The van der Waals surface area contributed by atoms with Crippen molar-refractivity contribution in [2.24, 2.45) is 0 Å². The van der Waals surface area contributed by atoms with Crippen molar-refractivity contribution in [2.45, 2.75) is 4.90 Å². The van der Waals surface area contributed by atoms with Crippen LogP contribution in [-0.2, 0) is 4.79 Å². The first-order chi connectivity index (χ1) is 9.54. The number of nitrogen functional groups attached to an aromatic ring is 1. The molecule has 0 heterocycles. The third-order valence-corrected chi connectivity index (χ3v) is 4.15. The third kappa shape index (κ3) is 4.34. The first-order valence-electron chi connectivity index (χ1n) is 5.78. The van der Waals surface area contributed by atoms with Gasteiger partial charge in [-0.2, -0.15) is 0 Å². The molecule has 6 heteroatoms. The van der Waals surface area contributed by atoms with Crippen LogP contribution in [0.4, 0.5) is 11.4 Å². The van der Waals surface area contributed by atoms with Gasteiger partial charge in [-0.05, 0) is 36.4 Å². The molecule has 0 radical (unpaired) electrons. The first-order valence-corrected chi connectivity index (χ1v) is 7.52. The fourth-order valence-corrected chi connectivity index (χ4v) is 2.84. The predicted molar refractivity (Wildman–Crippen MR) is 86.7 cm³/mol. The Bertz CT molecular complexity index is 634. The van der Waals surface area contributed by atoms with Gasteiger partial charge in [-0.1, -0.05) is 29.3 Å². The molecule has 104 valence electrons. The highest BCUT2D eigenvalue weighted by Crippen LogP contribution is 2.29. The summed E-state index contributed by atoms with van der Waals surface area (Å²) in [5.41, 5.74) is 6.93. The number of nitrogens with one attached hydrogen (secondary N) is 1. The Hall–Kier alpha value is -1.36. The fraction of sp³-hybridized carbons (Fsp3) is 0.0714. The maximum absolute atomic E-state index is 11.8. The van der Waals surface area contributed by atoms with Gasteiger partial charge in [-0.25, -0.2) is 0 Å². The molecule has 0 aliphatic heterocycles. The van der Waals surface area contributed by atoms with Crippen LogP contribution in [0.5, 0.6) is 0 Å². The van der Waals surface area contributed by atoms with E-state index in [1.807, 2.05) is 0 Å². The SMILES string of the molecule is Nc1cccc(NC(=O)CSc2cc(Cl)ccc2Cl)c1. The lowest BCUT2D eigenvalue weighted by Crippen LogP contribution is -2.14. The Balaban J connectivity index is 1.94. The quantitative estimate of drug-likeness (QED) is 0.650. The van der Waals surface area contributed by atoms with Crippen molar-refractivity contribution in [1.29, 1.82) is 0 Å². The molecule has 0 aromatic heterocycles. The second kappa shape index (κ2) is 6.88. The number of amides is 1. The van der Waals surface area contributed by atoms with E-state index in [0.29, 0.717) is 21.4 Å². The van der Waals surface area contributed by atoms with Gasteiger partial charge in [0.25, 0.3) is 0 Å². The molecule has 1 amide bonds. The van der Waals surface area contributed by atoms with E-state index >= 15 is 0 Å². The van der Waals surface area contributed by atoms with Gasteiger partial charge in [0.15, 0.2) is 0 Å². The van der Waals surface area contributed by atoms with Gasteiger partial charge in [0, 0.05) is 21.3 Å². The average molecular weight is 327 g/mol. The lowest BCUT2D eigenvalue weighted by Gasteiger charge is -2.07. The number of carbonyl (C=O) groups excluding carboxylic acids is 1. The minimum absolute atomic E-state index is 0.128. The Morgan fingerprint density at radius 3 is 2.75 bits per heavy atom. The molecule has 3 nitrogen and oxygen atoms in total. The van der Waals surface area contributed by atoms with Crippen molar-refractivity contribution in [3.63, 3.8) is 0 Å². The third-order valence-electron chi connectivity index (χ3n) is 2.42. The number of anilines is 2. The number of benzene rings is 2. The van der Waals surface area contributed by atoms with Crippen molar-refractivity contribution >= 4 is 52.2 Å². The smallest absolute Gasteiger partial charge is 0.234 e. The largest absolute Gasteiger partial charge is 0.399 e. The highest BCUT2D eigenvalue weighted by molar-refractivity contribution is 8.00.